The third kappa shape index (κ3) is 1.08. The lowest BCUT2D eigenvalue weighted by Crippen LogP contribution is -2.17. The van der Waals surface area contributed by atoms with Crippen molar-refractivity contribution in [3.05, 3.63) is 10.8 Å². The summed E-state index contributed by atoms with van der Waals surface area (Å²) in [6.07, 6.45) is 2.03. The second-order valence-electron chi connectivity index (χ2n) is 2.96. The molecule has 4 heteroatoms. The van der Waals surface area contributed by atoms with Gasteiger partial charge in [0.15, 0.2) is 0 Å². The van der Waals surface area contributed by atoms with E-state index < -0.39 is 0 Å². The molecule has 0 aliphatic carbocycles. The summed E-state index contributed by atoms with van der Waals surface area (Å²) in [6.45, 7) is 4.07. The maximum absolute atomic E-state index is 6.10. The van der Waals surface area contributed by atoms with E-state index in [-0.39, 0.29) is 0 Å². The molecule has 0 fully saturated rings. The molecule has 0 aromatic carbocycles. The van der Waals surface area contributed by atoms with Gasteiger partial charge in [-0.25, -0.2) is 4.98 Å². The Balaban J connectivity index is 2.44. The molecule has 1 aliphatic rings. The van der Waals surface area contributed by atoms with Crippen LogP contribution in [0.4, 0.5) is 5.95 Å². The summed E-state index contributed by atoms with van der Waals surface area (Å²) in [4.78, 5) is 4.39. The zero-order valence-electron chi connectivity index (χ0n) is 7.10. The number of nitrogens with zero attached hydrogens (tertiary/aromatic N) is 2. The standard InChI is InChI=1S/C8H12ClN3/c1-2-6-7(9)12-5-3-4-10-8(12)11-6/h2-5H2,1H3,(H,10,11). The Kier molecular flexibility index (Phi) is 1.97. The van der Waals surface area contributed by atoms with Gasteiger partial charge in [-0.1, -0.05) is 18.5 Å². The lowest BCUT2D eigenvalue weighted by molar-refractivity contribution is 0.628. The molecule has 1 aromatic heterocycles. The molecule has 12 heavy (non-hydrogen) atoms. The number of nitrogens with one attached hydrogen (secondary N) is 1. The highest BCUT2D eigenvalue weighted by Gasteiger charge is 2.16. The van der Waals surface area contributed by atoms with Gasteiger partial charge in [-0.15, -0.1) is 0 Å². The number of fused-ring (bicyclic) bond motifs is 1. The predicted octanol–water partition coefficient (Wildman–Crippen LogP) is 1.91. The normalized spacial score (nSPS) is 15.5. The van der Waals surface area contributed by atoms with Gasteiger partial charge < -0.3 is 9.88 Å². The summed E-state index contributed by atoms with van der Waals surface area (Å²) in [5, 5.41) is 4.03. The molecular weight excluding hydrogens is 174 g/mol. The Labute approximate surface area is 76.7 Å². The molecule has 0 saturated heterocycles. The van der Waals surface area contributed by atoms with Crippen LogP contribution in [0.25, 0.3) is 0 Å². The van der Waals surface area contributed by atoms with Crippen molar-refractivity contribution in [2.24, 2.45) is 0 Å². The summed E-state index contributed by atoms with van der Waals surface area (Å²) >= 11 is 6.10. The van der Waals surface area contributed by atoms with Gasteiger partial charge >= 0.3 is 0 Å². The van der Waals surface area contributed by atoms with Crippen LogP contribution in [0.15, 0.2) is 0 Å². The van der Waals surface area contributed by atoms with Crippen LogP contribution < -0.4 is 5.32 Å². The van der Waals surface area contributed by atoms with E-state index in [2.05, 4.69) is 17.2 Å². The molecule has 3 nitrogen and oxygen atoms in total. The number of rotatable bonds is 1. The van der Waals surface area contributed by atoms with E-state index in [1.807, 2.05) is 4.57 Å². The van der Waals surface area contributed by atoms with E-state index in [9.17, 15) is 0 Å². The maximum atomic E-state index is 6.10. The number of hydrogen-bond donors (Lipinski definition) is 1. The summed E-state index contributed by atoms with van der Waals surface area (Å²) in [7, 11) is 0. The lowest BCUT2D eigenvalue weighted by atomic mass is 10.3. The molecular formula is C8H12ClN3. The molecule has 66 valence electrons. The van der Waals surface area contributed by atoms with Gasteiger partial charge in [0.05, 0.1) is 5.69 Å². The summed E-state index contributed by atoms with van der Waals surface area (Å²) < 4.78 is 2.05. The van der Waals surface area contributed by atoms with Crippen molar-refractivity contribution in [1.29, 1.82) is 0 Å². The van der Waals surface area contributed by atoms with Gasteiger partial charge in [-0.05, 0) is 12.8 Å². The van der Waals surface area contributed by atoms with Crippen molar-refractivity contribution in [2.75, 3.05) is 11.9 Å². The highest BCUT2D eigenvalue weighted by Crippen LogP contribution is 2.24. The van der Waals surface area contributed by atoms with E-state index in [4.69, 9.17) is 11.6 Å². The number of halogens is 1. The smallest absolute Gasteiger partial charge is 0.204 e. The summed E-state index contributed by atoms with van der Waals surface area (Å²) in [5.41, 5.74) is 1.00. The second kappa shape index (κ2) is 2.98. The first-order chi connectivity index (χ1) is 5.83. The Hall–Kier alpha value is -0.700. The number of imidazole rings is 1. The van der Waals surface area contributed by atoms with Crippen molar-refractivity contribution < 1.29 is 0 Å². The van der Waals surface area contributed by atoms with Crippen molar-refractivity contribution in [3.8, 4) is 0 Å². The van der Waals surface area contributed by atoms with E-state index in [0.29, 0.717) is 0 Å². The van der Waals surface area contributed by atoms with Gasteiger partial charge in [0, 0.05) is 13.1 Å². The Morgan fingerprint density at radius 2 is 2.50 bits per heavy atom. The van der Waals surface area contributed by atoms with E-state index in [1.165, 1.54) is 0 Å². The molecule has 0 spiro atoms. The first-order valence-corrected chi connectivity index (χ1v) is 4.69. The van der Waals surface area contributed by atoms with Gasteiger partial charge in [0.1, 0.15) is 5.15 Å². The maximum Gasteiger partial charge on any atom is 0.204 e. The van der Waals surface area contributed by atoms with Crippen molar-refractivity contribution in [1.82, 2.24) is 9.55 Å². The Bertz CT molecular complexity index is 293. The van der Waals surface area contributed by atoms with Crippen molar-refractivity contribution in [2.45, 2.75) is 26.3 Å². The molecule has 2 rings (SSSR count). The molecule has 0 saturated carbocycles. The molecule has 0 amide bonds. The zero-order valence-corrected chi connectivity index (χ0v) is 7.86. The Morgan fingerprint density at radius 1 is 1.67 bits per heavy atom. The molecule has 0 unspecified atom stereocenters. The average molecular weight is 186 g/mol. The minimum atomic E-state index is 0.805. The lowest BCUT2D eigenvalue weighted by Gasteiger charge is -2.15. The second-order valence-corrected chi connectivity index (χ2v) is 3.32. The topological polar surface area (TPSA) is 29.9 Å². The third-order valence-electron chi connectivity index (χ3n) is 2.15. The third-order valence-corrected chi connectivity index (χ3v) is 2.57. The van der Waals surface area contributed by atoms with Crippen LogP contribution in [-0.4, -0.2) is 16.1 Å². The number of anilines is 1. The highest BCUT2D eigenvalue weighted by molar-refractivity contribution is 6.30. The van der Waals surface area contributed by atoms with Gasteiger partial charge in [-0.2, -0.15) is 0 Å². The summed E-state index contributed by atoms with van der Waals surface area (Å²) in [5.74, 6) is 0.933. The Morgan fingerprint density at radius 3 is 3.17 bits per heavy atom. The summed E-state index contributed by atoms with van der Waals surface area (Å²) in [6, 6.07) is 0. The monoisotopic (exact) mass is 185 g/mol. The average Bonchev–Trinajstić information content (AvgIpc) is 2.44. The van der Waals surface area contributed by atoms with Crippen molar-refractivity contribution >= 4 is 17.5 Å². The van der Waals surface area contributed by atoms with Crippen LogP contribution in [0.5, 0.6) is 0 Å². The number of hydrogen-bond acceptors (Lipinski definition) is 2. The first kappa shape index (κ1) is 7.92. The van der Waals surface area contributed by atoms with Crippen LogP contribution in [-0.2, 0) is 13.0 Å². The van der Waals surface area contributed by atoms with E-state index >= 15 is 0 Å². The van der Waals surface area contributed by atoms with Crippen LogP contribution in [0, 0.1) is 0 Å². The number of aromatic nitrogens is 2. The fraction of sp³-hybridized carbons (Fsp3) is 0.625. The van der Waals surface area contributed by atoms with Gasteiger partial charge in [-0.3, -0.25) is 0 Å². The van der Waals surface area contributed by atoms with Crippen molar-refractivity contribution in [3.63, 3.8) is 0 Å². The molecule has 2 heterocycles. The quantitative estimate of drug-likeness (QED) is 0.725. The molecule has 0 radical (unpaired) electrons. The van der Waals surface area contributed by atoms with E-state index in [1.54, 1.807) is 0 Å². The zero-order chi connectivity index (χ0) is 8.55. The minimum absolute atomic E-state index is 0.805. The van der Waals surface area contributed by atoms with E-state index in [0.717, 1.165) is 42.7 Å². The fourth-order valence-electron chi connectivity index (χ4n) is 1.48. The largest absolute Gasteiger partial charge is 0.356 e. The molecule has 1 aliphatic heterocycles. The van der Waals surface area contributed by atoms with Crippen LogP contribution in [0.3, 0.4) is 0 Å². The first-order valence-electron chi connectivity index (χ1n) is 4.31. The van der Waals surface area contributed by atoms with Gasteiger partial charge in [0.25, 0.3) is 0 Å². The van der Waals surface area contributed by atoms with Crippen LogP contribution >= 0.6 is 11.6 Å². The van der Waals surface area contributed by atoms with Crippen LogP contribution in [0.1, 0.15) is 19.0 Å². The fourth-order valence-corrected chi connectivity index (χ4v) is 1.82. The SMILES string of the molecule is CCc1nc2n(c1Cl)CCCN2. The minimum Gasteiger partial charge on any atom is -0.356 e. The molecule has 1 N–H and O–H groups in total. The predicted molar refractivity (Wildman–Crippen MR) is 49.7 cm³/mol. The molecule has 0 bridgehead atoms. The molecule has 0 atom stereocenters. The molecule has 1 aromatic rings. The number of aryl methyl sites for hydroxylation is 1. The highest BCUT2D eigenvalue weighted by atomic mass is 35.5. The van der Waals surface area contributed by atoms with Gasteiger partial charge in [0.2, 0.25) is 5.95 Å². The van der Waals surface area contributed by atoms with Crippen LogP contribution in [0.2, 0.25) is 5.15 Å².